The summed E-state index contributed by atoms with van der Waals surface area (Å²) in [5.41, 5.74) is 8.21. The second-order valence-corrected chi connectivity index (χ2v) is 5.39. The van der Waals surface area contributed by atoms with E-state index in [1.165, 1.54) is 11.8 Å². The van der Waals surface area contributed by atoms with Crippen LogP contribution in [0.25, 0.3) is 0 Å². The van der Waals surface area contributed by atoms with Crippen LogP contribution < -0.4 is 5.73 Å². The van der Waals surface area contributed by atoms with Crippen molar-refractivity contribution < 1.29 is 5.11 Å². The number of hydrogen-bond donors (Lipinski definition) is 2. The van der Waals surface area contributed by atoms with E-state index in [9.17, 15) is 5.11 Å². The summed E-state index contributed by atoms with van der Waals surface area (Å²) in [6, 6.07) is 7.48. The molecule has 1 unspecified atom stereocenters. The molecule has 3 N–H and O–H groups in total. The molecule has 19 heavy (non-hydrogen) atoms. The fourth-order valence-electron chi connectivity index (χ4n) is 2.04. The van der Waals surface area contributed by atoms with Gasteiger partial charge in [0.15, 0.2) is 0 Å². The van der Waals surface area contributed by atoms with Crippen molar-refractivity contribution in [1.82, 2.24) is 4.98 Å². The second-order valence-electron chi connectivity index (χ2n) is 4.96. The van der Waals surface area contributed by atoms with Crippen molar-refractivity contribution in [3.05, 3.63) is 57.7 Å². The fourth-order valence-corrected chi connectivity index (χ4v) is 2.20. The lowest BCUT2D eigenvalue weighted by Crippen LogP contribution is -2.25. The number of halogens is 1. The molecular formula is C15H17ClN2O. The minimum absolute atomic E-state index is 0.285. The molecule has 1 aromatic carbocycles. The van der Waals surface area contributed by atoms with Gasteiger partial charge in [-0.05, 0) is 43.5 Å². The molecule has 0 saturated carbocycles. The van der Waals surface area contributed by atoms with E-state index in [1.807, 2.05) is 32.0 Å². The number of benzene rings is 1. The number of nitrogens with two attached hydrogens (primary N) is 1. The highest BCUT2D eigenvalue weighted by Gasteiger charge is 2.29. The molecule has 100 valence electrons. The quantitative estimate of drug-likeness (QED) is 0.886. The third kappa shape index (κ3) is 2.57. The predicted octanol–water partition coefficient (Wildman–Crippen LogP) is 3.19. The maximum atomic E-state index is 10.8. The summed E-state index contributed by atoms with van der Waals surface area (Å²) < 4.78 is 0. The second kappa shape index (κ2) is 4.83. The van der Waals surface area contributed by atoms with Crippen molar-refractivity contribution in [3.63, 3.8) is 0 Å². The zero-order valence-corrected chi connectivity index (χ0v) is 12.0. The Morgan fingerprint density at radius 3 is 2.53 bits per heavy atom. The number of aromatic nitrogens is 1. The van der Waals surface area contributed by atoms with Crippen LogP contribution in [0.2, 0.25) is 5.02 Å². The summed E-state index contributed by atoms with van der Waals surface area (Å²) in [5.74, 6) is 0.285. The Morgan fingerprint density at radius 2 is 1.89 bits per heavy atom. The lowest BCUT2D eigenvalue weighted by atomic mass is 9.87. The third-order valence-corrected chi connectivity index (χ3v) is 3.69. The van der Waals surface area contributed by atoms with Crippen LogP contribution >= 0.6 is 11.6 Å². The summed E-state index contributed by atoms with van der Waals surface area (Å²) in [7, 11) is 0. The van der Waals surface area contributed by atoms with Gasteiger partial charge in [0.1, 0.15) is 11.4 Å². The number of hydrogen-bond acceptors (Lipinski definition) is 3. The van der Waals surface area contributed by atoms with Gasteiger partial charge in [-0.3, -0.25) is 0 Å². The monoisotopic (exact) mass is 276 g/mol. The van der Waals surface area contributed by atoms with Gasteiger partial charge in [0, 0.05) is 11.8 Å². The van der Waals surface area contributed by atoms with Crippen LogP contribution in [-0.2, 0) is 5.60 Å². The Balaban J connectivity index is 2.57. The van der Waals surface area contributed by atoms with Gasteiger partial charge in [0.05, 0.1) is 5.02 Å². The maximum Gasteiger partial charge on any atom is 0.129 e. The molecule has 1 aromatic heterocycles. The number of nitrogen functional groups attached to an aromatic ring is 1. The SMILES string of the molecule is Cc1ccc(C(C)(O)c2cc(Cl)cnc2N)cc1C. The number of pyridine rings is 1. The number of nitrogens with zero attached hydrogens (tertiary/aromatic N) is 1. The van der Waals surface area contributed by atoms with E-state index >= 15 is 0 Å². The van der Waals surface area contributed by atoms with E-state index < -0.39 is 5.60 Å². The van der Waals surface area contributed by atoms with Crippen LogP contribution in [0.1, 0.15) is 29.2 Å². The van der Waals surface area contributed by atoms with Gasteiger partial charge in [-0.15, -0.1) is 0 Å². The molecule has 1 atom stereocenters. The van der Waals surface area contributed by atoms with Gasteiger partial charge in [0.25, 0.3) is 0 Å². The first kappa shape index (κ1) is 13.8. The summed E-state index contributed by atoms with van der Waals surface area (Å²) in [6.45, 7) is 5.73. The highest BCUT2D eigenvalue weighted by molar-refractivity contribution is 6.30. The molecule has 0 spiro atoms. The number of anilines is 1. The molecule has 3 nitrogen and oxygen atoms in total. The van der Waals surface area contributed by atoms with E-state index in [-0.39, 0.29) is 5.82 Å². The minimum Gasteiger partial charge on any atom is -0.383 e. The van der Waals surface area contributed by atoms with Crippen LogP contribution in [-0.4, -0.2) is 10.1 Å². The van der Waals surface area contributed by atoms with E-state index in [1.54, 1.807) is 13.0 Å². The van der Waals surface area contributed by atoms with Crippen LogP contribution in [0, 0.1) is 13.8 Å². The first-order valence-electron chi connectivity index (χ1n) is 6.04. The molecule has 0 aliphatic carbocycles. The van der Waals surface area contributed by atoms with Gasteiger partial charge in [-0.25, -0.2) is 4.98 Å². The van der Waals surface area contributed by atoms with Gasteiger partial charge < -0.3 is 10.8 Å². The predicted molar refractivity (Wildman–Crippen MR) is 78.2 cm³/mol. The molecule has 0 saturated heterocycles. The van der Waals surface area contributed by atoms with E-state index in [0.29, 0.717) is 10.6 Å². The maximum absolute atomic E-state index is 10.8. The highest BCUT2D eigenvalue weighted by Crippen LogP contribution is 2.34. The molecule has 0 aliphatic rings. The smallest absolute Gasteiger partial charge is 0.129 e. The highest BCUT2D eigenvalue weighted by atomic mass is 35.5. The Kier molecular flexibility index (Phi) is 3.52. The lowest BCUT2D eigenvalue weighted by molar-refractivity contribution is 0.103. The minimum atomic E-state index is -1.22. The molecule has 0 fully saturated rings. The summed E-state index contributed by atoms with van der Waals surface area (Å²) >= 11 is 5.94. The van der Waals surface area contributed by atoms with Crippen molar-refractivity contribution >= 4 is 17.4 Å². The Labute approximate surface area is 118 Å². The topological polar surface area (TPSA) is 59.1 Å². The zero-order valence-electron chi connectivity index (χ0n) is 11.2. The molecule has 0 amide bonds. The Morgan fingerprint density at radius 1 is 1.21 bits per heavy atom. The fraction of sp³-hybridized carbons (Fsp3) is 0.267. The van der Waals surface area contributed by atoms with Crippen LogP contribution in [0.5, 0.6) is 0 Å². The Bertz CT molecular complexity index is 624. The lowest BCUT2D eigenvalue weighted by Gasteiger charge is -2.26. The summed E-state index contributed by atoms with van der Waals surface area (Å²) in [6.07, 6.45) is 1.47. The molecule has 0 bridgehead atoms. The van der Waals surface area contributed by atoms with E-state index in [2.05, 4.69) is 4.98 Å². The largest absolute Gasteiger partial charge is 0.383 e. The first-order valence-corrected chi connectivity index (χ1v) is 6.42. The van der Waals surface area contributed by atoms with Gasteiger partial charge >= 0.3 is 0 Å². The Hall–Kier alpha value is -1.58. The van der Waals surface area contributed by atoms with Crippen LogP contribution in [0.15, 0.2) is 30.5 Å². The molecular weight excluding hydrogens is 260 g/mol. The molecule has 0 aliphatic heterocycles. The average molecular weight is 277 g/mol. The standard InChI is InChI=1S/C15H17ClN2O/c1-9-4-5-11(6-10(9)2)15(3,19)13-7-12(16)8-18-14(13)17/h4-8,19H,1-3H3,(H2,17,18). The molecule has 1 heterocycles. The normalized spacial score (nSPS) is 14.2. The van der Waals surface area contributed by atoms with Gasteiger partial charge in [0.2, 0.25) is 0 Å². The van der Waals surface area contributed by atoms with Crippen molar-refractivity contribution in [2.45, 2.75) is 26.4 Å². The van der Waals surface area contributed by atoms with Gasteiger partial charge in [-0.2, -0.15) is 0 Å². The third-order valence-electron chi connectivity index (χ3n) is 3.48. The number of rotatable bonds is 2. The molecule has 2 aromatic rings. The van der Waals surface area contributed by atoms with Crippen molar-refractivity contribution in [1.29, 1.82) is 0 Å². The van der Waals surface area contributed by atoms with Crippen molar-refractivity contribution in [2.24, 2.45) is 0 Å². The summed E-state index contributed by atoms with van der Waals surface area (Å²) in [5, 5.41) is 11.3. The van der Waals surface area contributed by atoms with Gasteiger partial charge in [-0.1, -0.05) is 29.8 Å². The van der Waals surface area contributed by atoms with E-state index in [4.69, 9.17) is 17.3 Å². The molecule has 4 heteroatoms. The van der Waals surface area contributed by atoms with Crippen LogP contribution in [0.3, 0.4) is 0 Å². The number of aliphatic hydroxyl groups is 1. The first-order chi connectivity index (χ1) is 8.82. The van der Waals surface area contributed by atoms with Crippen LogP contribution in [0.4, 0.5) is 5.82 Å². The summed E-state index contributed by atoms with van der Waals surface area (Å²) in [4.78, 5) is 4.00. The number of aryl methyl sites for hydroxylation is 2. The average Bonchev–Trinajstić information content (AvgIpc) is 2.35. The molecule has 0 radical (unpaired) electrons. The molecule has 2 rings (SSSR count). The van der Waals surface area contributed by atoms with Crippen molar-refractivity contribution in [2.75, 3.05) is 5.73 Å². The zero-order chi connectivity index (χ0) is 14.2. The van der Waals surface area contributed by atoms with Crippen molar-refractivity contribution in [3.8, 4) is 0 Å². The van der Waals surface area contributed by atoms with E-state index in [0.717, 1.165) is 11.1 Å².